The number of rotatable bonds is 7. The van der Waals surface area contributed by atoms with Gasteiger partial charge < -0.3 is 14.8 Å². The molecule has 1 unspecified atom stereocenters. The second-order valence-electron chi connectivity index (χ2n) is 4.70. The van der Waals surface area contributed by atoms with Crippen molar-refractivity contribution >= 4 is 0 Å². The quantitative estimate of drug-likeness (QED) is 0.806. The third-order valence-electron chi connectivity index (χ3n) is 3.21. The zero-order valence-electron chi connectivity index (χ0n) is 11.2. The molecule has 2 rings (SSSR count). The Morgan fingerprint density at radius 1 is 1.44 bits per heavy atom. The zero-order valence-corrected chi connectivity index (χ0v) is 11.2. The van der Waals surface area contributed by atoms with Gasteiger partial charge >= 0.3 is 0 Å². The molecule has 100 valence electrons. The average Bonchev–Trinajstić information content (AvgIpc) is 2.90. The van der Waals surface area contributed by atoms with E-state index in [4.69, 9.17) is 9.47 Å². The van der Waals surface area contributed by atoms with Crippen LogP contribution in [0.1, 0.15) is 31.7 Å². The lowest BCUT2D eigenvalue weighted by Crippen LogP contribution is -2.12. The molecule has 18 heavy (non-hydrogen) atoms. The molecule has 1 aromatic rings. The van der Waals surface area contributed by atoms with Crippen molar-refractivity contribution in [2.24, 2.45) is 0 Å². The molecule has 1 heterocycles. The van der Waals surface area contributed by atoms with Crippen LogP contribution in [0.4, 0.5) is 0 Å². The summed E-state index contributed by atoms with van der Waals surface area (Å²) in [7, 11) is 0. The number of nitrogens with one attached hydrogen (secondary N) is 1. The van der Waals surface area contributed by atoms with Crippen LogP contribution in [0.25, 0.3) is 0 Å². The van der Waals surface area contributed by atoms with Gasteiger partial charge in [-0.25, -0.2) is 0 Å². The van der Waals surface area contributed by atoms with Crippen molar-refractivity contribution in [2.75, 3.05) is 19.8 Å². The molecule has 3 heteroatoms. The first kappa shape index (κ1) is 13.4. The Morgan fingerprint density at radius 2 is 2.39 bits per heavy atom. The monoisotopic (exact) mass is 249 g/mol. The van der Waals surface area contributed by atoms with E-state index in [0.717, 1.165) is 38.5 Å². The first-order valence-electron chi connectivity index (χ1n) is 6.92. The van der Waals surface area contributed by atoms with Crippen molar-refractivity contribution < 1.29 is 9.47 Å². The van der Waals surface area contributed by atoms with E-state index in [-0.39, 0.29) is 0 Å². The lowest BCUT2D eigenvalue weighted by molar-refractivity contribution is 0.0903. The summed E-state index contributed by atoms with van der Waals surface area (Å²) in [4.78, 5) is 0. The van der Waals surface area contributed by atoms with Crippen LogP contribution in [-0.2, 0) is 11.3 Å². The Kier molecular flexibility index (Phi) is 5.49. The standard InChI is InChI=1S/C15H23NO2/c1-2-16-12-13-5-3-6-15(11-13)18-10-8-14-7-4-9-17-14/h3,5-6,11,14,16H,2,4,7-10,12H2,1H3. The molecule has 1 fully saturated rings. The van der Waals surface area contributed by atoms with Gasteiger partial charge in [0.1, 0.15) is 5.75 Å². The van der Waals surface area contributed by atoms with Crippen molar-refractivity contribution in [1.82, 2.24) is 5.32 Å². The molecule has 1 atom stereocenters. The van der Waals surface area contributed by atoms with E-state index in [0.29, 0.717) is 6.10 Å². The summed E-state index contributed by atoms with van der Waals surface area (Å²) in [6.07, 6.45) is 3.79. The van der Waals surface area contributed by atoms with Gasteiger partial charge in [0.2, 0.25) is 0 Å². The van der Waals surface area contributed by atoms with E-state index in [2.05, 4.69) is 24.4 Å². The maximum absolute atomic E-state index is 5.78. The number of hydrogen-bond donors (Lipinski definition) is 1. The van der Waals surface area contributed by atoms with Crippen molar-refractivity contribution in [3.05, 3.63) is 29.8 Å². The van der Waals surface area contributed by atoms with Gasteiger partial charge in [0.25, 0.3) is 0 Å². The predicted octanol–water partition coefficient (Wildman–Crippen LogP) is 2.74. The fourth-order valence-electron chi connectivity index (χ4n) is 2.19. The van der Waals surface area contributed by atoms with Gasteiger partial charge in [-0.05, 0) is 37.1 Å². The Labute approximate surface area is 109 Å². The van der Waals surface area contributed by atoms with Crippen molar-refractivity contribution in [1.29, 1.82) is 0 Å². The van der Waals surface area contributed by atoms with Crippen molar-refractivity contribution in [2.45, 2.75) is 38.8 Å². The highest BCUT2D eigenvalue weighted by Gasteiger charge is 2.14. The Hall–Kier alpha value is -1.06. The van der Waals surface area contributed by atoms with E-state index in [1.54, 1.807) is 0 Å². The Morgan fingerprint density at radius 3 is 3.17 bits per heavy atom. The highest BCUT2D eigenvalue weighted by Crippen LogP contribution is 2.17. The summed E-state index contributed by atoms with van der Waals surface area (Å²) in [6.45, 7) is 5.67. The van der Waals surface area contributed by atoms with Gasteiger partial charge in [0, 0.05) is 19.6 Å². The lowest BCUT2D eigenvalue weighted by atomic mass is 10.2. The summed E-state index contributed by atoms with van der Waals surface area (Å²) < 4.78 is 11.4. The molecule has 1 aromatic carbocycles. The summed E-state index contributed by atoms with van der Waals surface area (Å²) in [5.41, 5.74) is 1.27. The largest absolute Gasteiger partial charge is 0.493 e. The predicted molar refractivity (Wildman–Crippen MR) is 72.9 cm³/mol. The molecule has 0 bridgehead atoms. The SMILES string of the molecule is CCNCc1cccc(OCCC2CCCO2)c1. The van der Waals surface area contributed by atoms with Crippen LogP contribution in [0.15, 0.2) is 24.3 Å². The highest BCUT2D eigenvalue weighted by atomic mass is 16.5. The van der Waals surface area contributed by atoms with E-state index >= 15 is 0 Å². The van der Waals surface area contributed by atoms with Gasteiger partial charge in [0.15, 0.2) is 0 Å². The maximum atomic E-state index is 5.78. The molecule has 3 nitrogen and oxygen atoms in total. The molecule has 0 aliphatic carbocycles. The Balaban J connectivity index is 1.74. The Bertz CT molecular complexity index is 348. The van der Waals surface area contributed by atoms with E-state index in [9.17, 15) is 0 Å². The third kappa shape index (κ3) is 4.31. The lowest BCUT2D eigenvalue weighted by Gasteiger charge is -2.11. The fourth-order valence-corrected chi connectivity index (χ4v) is 2.19. The second-order valence-corrected chi connectivity index (χ2v) is 4.70. The van der Waals surface area contributed by atoms with Crippen LogP contribution in [0, 0.1) is 0 Å². The van der Waals surface area contributed by atoms with Crippen molar-refractivity contribution in [3.8, 4) is 5.75 Å². The van der Waals surface area contributed by atoms with Crippen LogP contribution >= 0.6 is 0 Å². The summed E-state index contributed by atoms with van der Waals surface area (Å²) in [5.74, 6) is 0.961. The van der Waals surface area contributed by atoms with E-state index in [1.165, 1.54) is 18.4 Å². The normalized spacial score (nSPS) is 19.1. The van der Waals surface area contributed by atoms with Crippen LogP contribution in [0.5, 0.6) is 5.75 Å². The number of ether oxygens (including phenoxy) is 2. The number of benzene rings is 1. The summed E-state index contributed by atoms with van der Waals surface area (Å²) in [5, 5.41) is 3.32. The zero-order chi connectivity index (χ0) is 12.6. The molecular weight excluding hydrogens is 226 g/mol. The van der Waals surface area contributed by atoms with Crippen LogP contribution in [-0.4, -0.2) is 25.9 Å². The minimum atomic E-state index is 0.412. The minimum Gasteiger partial charge on any atom is -0.493 e. The van der Waals surface area contributed by atoms with Crippen LogP contribution < -0.4 is 10.1 Å². The molecule has 0 aromatic heterocycles. The summed E-state index contributed by atoms with van der Waals surface area (Å²) in [6, 6.07) is 8.30. The molecule has 0 amide bonds. The number of hydrogen-bond acceptors (Lipinski definition) is 3. The summed E-state index contributed by atoms with van der Waals surface area (Å²) >= 11 is 0. The molecule has 0 saturated carbocycles. The average molecular weight is 249 g/mol. The van der Waals surface area contributed by atoms with Gasteiger partial charge in [-0.2, -0.15) is 0 Å². The molecule has 0 spiro atoms. The van der Waals surface area contributed by atoms with Gasteiger partial charge in [0.05, 0.1) is 12.7 Å². The van der Waals surface area contributed by atoms with Gasteiger partial charge in [-0.3, -0.25) is 0 Å². The first-order chi connectivity index (χ1) is 8.88. The minimum absolute atomic E-state index is 0.412. The molecular formula is C15H23NO2. The molecule has 1 saturated heterocycles. The molecule has 1 aliphatic heterocycles. The second kappa shape index (κ2) is 7.39. The molecule has 1 N–H and O–H groups in total. The third-order valence-corrected chi connectivity index (χ3v) is 3.21. The smallest absolute Gasteiger partial charge is 0.119 e. The van der Waals surface area contributed by atoms with E-state index < -0.39 is 0 Å². The fraction of sp³-hybridized carbons (Fsp3) is 0.600. The van der Waals surface area contributed by atoms with E-state index in [1.807, 2.05) is 12.1 Å². The van der Waals surface area contributed by atoms with Crippen molar-refractivity contribution in [3.63, 3.8) is 0 Å². The molecule has 0 radical (unpaired) electrons. The maximum Gasteiger partial charge on any atom is 0.119 e. The van der Waals surface area contributed by atoms with Crippen LogP contribution in [0.2, 0.25) is 0 Å². The topological polar surface area (TPSA) is 30.5 Å². The first-order valence-corrected chi connectivity index (χ1v) is 6.92. The molecule has 1 aliphatic rings. The van der Waals surface area contributed by atoms with Gasteiger partial charge in [-0.1, -0.05) is 19.1 Å². The van der Waals surface area contributed by atoms with Crippen LogP contribution in [0.3, 0.4) is 0 Å². The highest BCUT2D eigenvalue weighted by molar-refractivity contribution is 5.28. The van der Waals surface area contributed by atoms with Gasteiger partial charge in [-0.15, -0.1) is 0 Å².